The second kappa shape index (κ2) is 6.31. The van der Waals surface area contributed by atoms with Crippen LogP contribution in [0.2, 0.25) is 0 Å². The van der Waals surface area contributed by atoms with E-state index in [9.17, 15) is 4.79 Å². The van der Waals surface area contributed by atoms with E-state index in [1.54, 1.807) is 12.4 Å². The highest BCUT2D eigenvalue weighted by Crippen LogP contribution is 2.37. The molecule has 7 heteroatoms. The molecule has 2 amide bonds. The molecule has 2 saturated heterocycles. The summed E-state index contributed by atoms with van der Waals surface area (Å²) in [5, 5.41) is 2.95. The lowest BCUT2D eigenvalue weighted by Crippen LogP contribution is -2.44. The van der Waals surface area contributed by atoms with Gasteiger partial charge in [-0.1, -0.05) is 0 Å². The highest BCUT2D eigenvalue weighted by molar-refractivity contribution is 5.75. The Kier molecular flexibility index (Phi) is 4.39. The number of likely N-dealkylation sites (tertiary alicyclic amines) is 1. The van der Waals surface area contributed by atoms with E-state index in [1.807, 2.05) is 31.9 Å². The quantitative estimate of drug-likeness (QED) is 0.908. The molecule has 0 unspecified atom stereocenters. The molecule has 2 aliphatic heterocycles. The fourth-order valence-electron chi connectivity index (χ4n) is 3.35. The summed E-state index contributed by atoms with van der Waals surface area (Å²) in [4.78, 5) is 24.7. The Hall–Kier alpha value is -1.89. The molecular weight excluding hydrogens is 294 g/mol. The summed E-state index contributed by atoms with van der Waals surface area (Å²) < 4.78 is 6.12. The van der Waals surface area contributed by atoms with Crippen LogP contribution in [0.3, 0.4) is 0 Å². The van der Waals surface area contributed by atoms with Crippen LogP contribution in [0.1, 0.15) is 26.7 Å². The summed E-state index contributed by atoms with van der Waals surface area (Å²) in [7, 11) is 2.00. The molecule has 0 aromatic carbocycles. The van der Waals surface area contributed by atoms with E-state index in [0.717, 1.165) is 19.4 Å². The zero-order chi connectivity index (χ0) is 16.4. The number of ether oxygens (including phenoxy) is 1. The number of likely N-dealkylation sites (N-methyl/N-ethyl adjacent to an activating group) is 1. The van der Waals surface area contributed by atoms with Crippen molar-refractivity contribution >= 4 is 12.0 Å². The second-order valence-corrected chi connectivity index (χ2v) is 6.79. The molecule has 0 saturated carbocycles. The molecule has 7 nitrogen and oxygen atoms in total. The lowest BCUT2D eigenvalue weighted by molar-refractivity contribution is 0.0148. The number of anilines is 1. The van der Waals surface area contributed by atoms with Crippen molar-refractivity contribution in [1.82, 2.24) is 20.2 Å². The number of hydrogen-bond acceptors (Lipinski definition) is 5. The number of amides is 2. The summed E-state index contributed by atoms with van der Waals surface area (Å²) >= 11 is 0. The summed E-state index contributed by atoms with van der Waals surface area (Å²) in [5.74, 6) is 0.713. The van der Waals surface area contributed by atoms with Gasteiger partial charge in [0.15, 0.2) is 0 Å². The minimum atomic E-state index is -0.220. The van der Waals surface area contributed by atoms with Crippen LogP contribution in [-0.4, -0.2) is 65.3 Å². The molecule has 2 aliphatic rings. The Bertz CT molecular complexity index is 553. The van der Waals surface area contributed by atoms with Gasteiger partial charge in [-0.05, 0) is 26.3 Å². The van der Waals surface area contributed by atoms with Crippen molar-refractivity contribution < 1.29 is 9.53 Å². The van der Waals surface area contributed by atoms with Gasteiger partial charge in [-0.2, -0.15) is 0 Å². The van der Waals surface area contributed by atoms with Crippen molar-refractivity contribution in [2.45, 2.75) is 44.4 Å². The average Bonchev–Trinajstić information content (AvgIpc) is 3.15. The third kappa shape index (κ3) is 3.39. The van der Waals surface area contributed by atoms with Crippen molar-refractivity contribution in [3.63, 3.8) is 0 Å². The number of nitrogens with zero attached hydrogens (tertiary/aromatic N) is 4. The van der Waals surface area contributed by atoms with Crippen LogP contribution in [0, 0.1) is 0 Å². The fraction of sp³-hybridized carbons (Fsp3) is 0.688. The van der Waals surface area contributed by atoms with Gasteiger partial charge in [0, 0.05) is 38.4 Å². The molecule has 0 radical (unpaired) electrons. The van der Waals surface area contributed by atoms with Crippen LogP contribution in [0.5, 0.6) is 0 Å². The molecule has 1 aromatic heterocycles. The van der Waals surface area contributed by atoms with E-state index >= 15 is 0 Å². The molecule has 1 aromatic rings. The van der Waals surface area contributed by atoms with Crippen LogP contribution < -0.4 is 10.2 Å². The van der Waals surface area contributed by atoms with Crippen LogP contribution >= 0.6 is 0 Å². The van der Waals surface area contributed by atoms with Gasteiger partial charge in [0.1, 0.15) is 0 Å². The van der Waals surface area contributed by atoms with Gasteiger partial charge in [0.25, 0.3) is 0 Å². The zero-order valence-corrected chi connectivity index (χ0v) is 14.0. The zero-order valence-electron chi connectivity index (χ0n) is 14.0. The summed E-state index contributed by atoms with van der Waals surface area (Å²) in [5.41, 5.74) is -0.220. The van der Waals surface area contributed by atoms with Gasteiger partial charge >= 0.3 is 6.03 Å². The van der Waals surface area contributed by atoms with E-state index in [1.165, 1.54) is 0 Å². The van der Waals surface area contributed by atoms with Crippen molar-refractivity contribution in [1.29, 1.82) is 0 Å². The molecule has 0 bridgehead atoms. The topological polar surface area (TPSA) is 70.6 Å². The smallest absolute Gasteiger partial charge is 0.317 e. The standard InChI is InChI=1S/C16H25N5O2/c1-12(2)19-15(22)21-8-5-16(11-21)9-13(10-23-16)20(3)14-17-6-4-7-18-14/h4,6-7,12-13H,5,8-11H2,1-3H3,(H,19,22)/t13-,16+/m0/s1. The summed E-state index contributed by atoms with van der Waals surface area (Å²) in [6, 6.07) is 2.21. The molecule has 1 spiro atoms. The van der Waals surface area contributed by atoms with E-state index in [0.29, 0.717) is 19.1 Å². The van der Waals surface area contributed by atoms with E-state index in [2.05, 4.69) is 20.2 Å². The van der Waals surface area contributed by atoms with Crippen molar-refractivity contribution in [2.75, 3.05) is 31.6 Å². The largest absolute Gasteiger partial charge is 0.371 e. The molecule has 2 atom stereocenters. The van der Waals surface area contributed by atoms with E-state index in [-0.39, 0.29) is 23.7 Å². The Labute approximate surface area is 137 Å². The van der Waals surface area contributed by atoms with Gasteiger partial charge in [-0.15, -0.1) is 0 Å². The highest BCUT2D eigenvalue weighted by atomic mass is 16.5. The Morgan fingerprint density at radius 3 is 2.91 bits per heavy atom. The van der Waals surface area contributed by atoms with Crippen LogP contribution in [0.25, 0.3) is 0 Å². The van der Waals surface area contributed by atoms with Gasteiger partial charge in [-0.25, -0.2) is 14.8 Å². The third-order valence-corrected chi connectivity index (χ3v) is 4.62. The number of carbonyl (C=O) groups is 1. The predicted octanol–water partition coefficient (Wildman–Crippen LogP) is 1.26. The van der Waals surface area contributed by atoms with Gasteiger partial charge < -0.3 is 19.9 Å². The Balaban J connectivity index is 1.60. The second-order valence-electron chi connectivity index (χ2n) is 6.79. The fourth-order valence-corrected chi connectivity index (χ4v) is 3.35. The molecule has 0 aliphatic carbocycles. The highest BCUT2D eigenvalue weighted by Gasteiger charge is 2.48. The molecule has 3 rings (SSSR count). The minimum Gasteiger partial charge on any atom is -0.371 e. The number of carbonyl (C=O) groups excluding carboxylic acids is 1. The number of aromatic nitrogens is 2. The average molecular weight is 319 g/mol. The van der Waals surface area contributed by atoms with E-state index in [4.69, 9.17) is 4.74 Å². The van der Waals surface area contributed by atoms with Crippen molar-refractivity contribution in [3.05, 3.63) is 18.5 Å². The van der Waals surface area contributed by atoms with E-state index < -0.39 is 0 Å². The number of hydrogen-bond donors (Lipinski definition) is 1. The Morgan fingerprint density at radius 1 is 1.48 bits per heavy atom. The third-order valence-electron chi connectivity index (χ3n) is 4.62. The molecule has 3 heterocycles. The lowest BCUT2D eigenvalue weighted by atomic mass is 9.97. The maximum Gasteiger partial charge on any atom is 0.317 e. The maximum atomic E-state index is 12.2. The van der Waals surface area contributed by atoms with Gasteiger partial charge in [-0.3, -0.25) is 0 Å². The lowest BCUT2D eigenvalue weighted by Gasteiger charge is -2.26. The monoisotopic (exact) mass is 319 g/mol. The Morgan fingerprint density at radius 2 is 2.22 bits per heavy atom. The number of rotatable bonds is 3. The van der Waals surface area contributed by atoms with Gasteiger partial charge in [0.2, 0.25) is 5.95 Å². The SMILES string of the molecule is CC(C)NC(=O)N1CC[C@@]2(C[C@H](N(C)c3ncccn3)CO2)C1. The molecule has 1 N–H and O–H groups in total. The molecule has 2 fully saturated rings. The number of nitrogens with one attached hydrogen (secondary N) is 1. The van der Waals surface area contributed by atoms with Crippen LogP contribution in [0.15, 0.2) is 18.5 Å². The molecular formula is C16H25N5O2. The predicted molar refractivity (Wildman–Crippen MR) is 87.4 cm³/mol. The van der Waals surface area contributed by atoms with Gasteiger partial charge in [0.05, 0.1) is 24.8 Å². The van der Waals surface area contributed by atoms with Crippen LogP contribution in [-0.2, 0) is 4.74 Å². The first kappa shape index (κ1) is 16.0. The first-order valence-corrected chi connectivity index (χ1v) is 8.18. The normalized spacial score (nSPS) is 27.0. The van der Waals surface area contributed by atoms with Crippen molar-refractivity contribution in [3.8, 4) is 0 Å². The summed E-state index contributed by atoms with van der Waals surface area (Å²) in [6.45, 7) is 6.00. The number of urea groups is 1. The molecule has 126 valence electrons. The summed E-state index contributed by atoms with van der Waals surface area (Å²) in [6.07, 6.45) is 5.28. The van der Waals surface area contributed by atoms with Crippen molar-refractivity contribution in [2.24, 2.45) is 0 Å². The molecule has 23 heavy (non-hydrogen) atoms. The first-order chi connectivity index (χ1) is 11.0. The van der Waals surface area contributed by atoms with Crippen LogP contribution in [0.4, 0.5) is 10.7 Å². The first-order valence-electron chi connectivity index (χ1n) is 8.18. The minimum absolute atomic E-state index is 0.00340. The maximum absolute atomic E-state index is 12.2.